The van der Waals surface area contributed by atoms with Gasteiger partial charge in [-0.05, 0) is 25.1 Å². The number of phenolic OH excluding ortho intramolecular Hbond substituents is 1. The van der Waals surface area contributed by atoms with E-state index in [1.54, 1.807) is 37.3 Å². The topological polar surface area (TPSA) is 66.4 Å². The van der Waals surface area contributed by atoms with E-state index in [0.29, 0.717) is 17.1 Å². The number of phenols is 1. The Morgan fingerprint density at radius 2 is 1.86 bits per heavy atom. The van der Waals surface area contributed by atoms with Gasteiger partial charge in [0.05, 0.1) is 16.3 Å². The van der Waals surface area contributed by atoms with Crippen LogP contribution in [0.4, 0.5) is 5.69 Å². The summed E-state index contributed by atoms with van der Waals surface area (Å²) in [6.07, 6.45) is 0. The van der Waals surface area contributed by atoms with Crippen LogP contribution in [-0.4, -0.2) is 19.3 Å². The lowest BCUT2D eigenvalue weighted by atomic mass is 10.1. The Morgan fingerprint density at radius 3 is 2.57 bits per heavy atom. The summed E-state index contributed by atoms with van der Waals surface area (Å²) in [5.41, 5.74) is 2.33. The van der Waals surface area contributed by atoms with Crippen LogP contribution in [0.3, 0.4) is 0 Å². The summed E-state index contributed by atoms with van der Waals surface area (Å²) in [6, 6.07) is 12.2. The SMILES string of the molecule is CCS(=O)(=O)c1ccccc1NCc1cc(C)ccc1O. The lowest BCUT2D eigenvalue weighted by molar-refractivity contribution is 0.469. The molecule has 112 valence electrons. The van der Waals surface area contributed by atoms with Crippen molar-refractivity contribution in [1.29, 1.82) is 0 Å². The number of aromatic hydroxyl groups is 1. The smallest absolute Gasteiger partial charge is 0.180 e. The Balaban J connectivity index is 2.27. The van der Waals surface area contributed by atoms with Gasteiger partial charge in [-0.3, -0.25) is 0 Å². The Labute approximate surface area is 125 Å². The van der Waals surface area contributed by atoms with E-state index < -0.39 is 9.84 Å². The van der Waals surface area contributed by atoms with Gasteiger partial charge in [0.2, 0.25) is 0 Å². The van der Waals surface area contributed by atoms with Crippen molar-refractivity contribution in [2.24, 2.45) is 0 Å². The predicted molar refractivity (Wildman–Crippen MR) is 84.3 cm³/mol. The minimum Gasteiger partial charge on any atom is -0.508 e. The van der Waals surface area contributed by atoms with Crippen LogP contribution in [0.25, 0.3) is 0 Å². The molecule has 0 radical (unpaired) electrons. The third kappa shape index (κ3) is 3.55. The Kier molecular flexibility index (Phi) is 4.53. The molecule has 0 aliphatic heterocycles. The second-order valence-corrected chi connectivity index (χ2v) is 7.13. The number of anilines is 1. The Morgan fingerprint density at radius 1 is 1.14 bits per heavy atom. The minimum absolute atomic E-state index is 0.0569. The fraction of sp³-hybridized carbons (Fsp3) is 0.250. The molecule has 2 aromatic rings. The largest absolute Gasteiger partial charge is 0.508 e. The molecule has 0 saturated heterocycles. The maximum atomic E-state index is 12.1. The number of hydrogen-bond acceptors (Lipinski definition) is 4. The normalized spacial score (nSPS) is 11.3. The zero-order chi connectivity index (χ0) is 15.5. The maximum absolute atomic E-state index is 12.1. The van der Waals surface area contributed by atoms with E-state index >= 15 is 0 Å². The molecule has 21 heavy (non-hydrogen) atoms. The van der Waals surface area contributed by atoms with Crippen molar-refractivity contribution in [3.63, 3.8) is 0 Å². The van der Waals surface area contributed by atoms with Crippen molar-refractivity contribution in [3.8, 4) is 5.75 Å². The summed E-state index contributed by atoms with van der Waals surface area (Å²) >= 11 is 0. The Hall–Kier alpha value is -2.01. The number of rotatable bonds is 5. The molecule has 0 aliphatic carbocycles. The third-order valence-electron chi connectivity index (χ3n) is 3.31. The summed E-state index contributed by atoms with van der Waals surface area (Å²) in [7, 11) is -3.28. The number of sulfone groups is 1. The molecule has 2 rings (SSSR count). The van der Waals surface area contributed by atoms with Gasteiger partial charge in [0.1, 0.15) is 5.75 Å². The predicted octanol–water partition coefficient (Wildman–Crippen LogP) is 3.11. The van der Waals surface area contributed by atoms with Gasteiger partial charge < -0.3 is 10.4 Å². The molecule has 0 atom stereocenters. The Bertz CT molecular complexity index is 739. The first kappa shape index (κ1) is 15.4. The van der Waals surface area contributed by atoms with Crippen LogP contribution in [0.1, 0.15) is 18.1 Å². The van der Waals surface area contributed by atoms with E-state index in [1.807, 2.05) is 19.1 Å². The second kappa shape index (κ2) is 6.18. The summed E-state index contributed by atoms with van der Waals surface area (Å²) in [4.78, 5) is 0.291. The van der Waals surface area contributed by atoms with E-state index in [1.165, 1.54) is 0 Å². The van der Waals surface area contributed by atoms with Crippen molar-refractivity contribution >= 4 is 15.5 Å². The van der Waals surface area contributed by atoms with Gasteiger partial charge in [-0.15, -0.1) is 0 Å². The van der Waals surface area contributed by atoms with Gasteiger partial charge >= 0.3 is 0 Å². The highest BCUT2D eigenvalue weighted by Gasteiger charge is 2.16. The lowest BCUT2D eigenvalue weighted by Crippen LogP contribution is -2.09. The number of hydrogen-bond donors (Lipinski definition) is 2. The van der Waals surface area contributed by atoms with Crippen LogP contribution < -0.4 is 5.32 Å². The fourth-order valence-electron chi connectivity index (χ4n) is 2.09. The monoisotopic (exact) mass is 305 g/mol. The molecule has 0 spiro atoms. The van der Waals surface area contributed by atoms with Crippen molar-refractivity contribution < 1.29 is 13.5 Å². The average Bonchev–Trinajstić information content (AvgIpc) is 2.48. The lowest BCUT2D eigenvalue weighted by Gasteiger charge is -2.13. The van der Waals surface area contributed by atoms with Gasteiger partial charge in [-0.1, -0.05) is 36.8 Å². The first-order valence-electron chi connectivity index (χ1n) is 6.78. The van der Waals surface area contributed by atoms with Crippen LogP contribution in [-0.2, 0) is 16.4 Å². The fourth-order valence-corrected chi connectivity index (χ4v) is 3.16. The molecule has 2 N–H and O–H groups in total. The first-order chi connectivity index (χ1) is 9.94. The summed E-state index contributed by atoms with van der Waals surface area (Å²) in [6.45, 7) is 3.93. The molecule has 0 fully saturated rings. The zero-order valence-corrected chi connectivity index (χ0v) is 12.9. The molecule has 0 saturated carbocycles. The number of nitrogens with one attached hydrogen (secondary N) is 1. The van der Waals surface area contributed by atoms with E-state index in [0.717, 1.165) is 11.1 Å². The standard InChI is InChI=1S/C16H19NO3S/c1-3-21(19,20)16-7-5-4-6-14(16)17-11-13-10-12(2)8-9-15(13)18/h4-10,17-18H,3,11H2,1-2H3. The van der Waals surface area contributed by atoms with Crippen LogP contribution in [0.15, 0.2) is 47.4 Å². The molecular weight excluding hydrogens is 286 g/mol. The molecule has 0 aliphatic rings. The number of benzene rings is 2. The van der Waals surface area contributed by atoms with Crippen molar-refractivity contribution in [1.82, 2.24) is 0 Å². The van der Waals surface area contributed by atoms with Crippen molar-refractivity contribution in [3.05, 3.63) is 53.6 Å². The van der Waals surface area contributed by atoms with Crippen LogP contribution >= 0.6 is 0 Å². The van der Waals surface area contributed by atoms with E-state index in [-0.39, 0.29) is 11.5 Å². The molecule has 0 heterocycles. The van der Waals surface area contributed by atoms with Gasteiger partial charge in [0.15, 0.2) is 9.84 Å². The van der Waals surface area contributed by atoms with Gasteiger partial charge in [0.25, 0.3) is 0 Å². The summed E-state index contributed by atoms with van der Waals surface area (Å²) in [5.74, 6) is 0.255. The number of para-hydroxylation sites is 1. The molecule has 0 aromatic heterocycles. The van der Waals surface area contributed by atoms with E-state index in [2.05, 4.69) is 5.32 Å². The molecule has 0 bridgehead atoms. The minimum atomic E-state index is -3.28. The van der Waals surface area contributed by atoms with Crippen molar-refractivity contribution in [2.75, 3.05) is 11.1 Å². The average molecular weight is 305 g/mol. The van der Waals surface area contributed by atoms with Gasteiger partial charge in [-0.25, -0.2) is 8.42 Å². The highest BCUT2D eigenvalue weighted by atomic mass is 32.2. The molecule has 4 nitrogen and oxygen atoms in total. The third-order valence-corrected chi connectivity index (χ3v) is 5.09. The van der Waals surface area contributed by atoms with Crippen molar-refractivity contribution in [2.45, 2.75) is 25.3 Å². The molecule has 0 amide bonds. The zero-order valence-electron chi connectivity index (χ0n) is 12.1. The van der Waals surface area contributed by atoms with Crippen LogP contribution in [0.5, 0.6) is 5.75 Å². The number of aryl methyl sites for hydroxylation is 1. The second-order valence-electron chi connectivity index (χ2n) is 4.89. The van der Waals surface area contributed by atoms with E-state index in [9.17, 15) is 13.5 Å². The maximum Gasteiger partial charge on any atom is 0.180 e. The first-order valence-corrected chi connectivity index (χ1v) is 8.43. The molecule has 5 heteroatoms. The summed E-state index contributed by atoms with van der Waals surface area (Å²) < 4.78 is 24.1. The van der Waals surface area contributed by atoms with Crippen LogP contribution in [0.2, 0.25) is 0 Å². The summed E-state index contributed by atoms with van der Waals surface area (Å²) in [5, 5.41) is 12.9. The highest BCUT2D eigenvalue weighted by Crippen LogP contribution is 2.24. The quantitative estimate of drug-likeness (QED) is 0.891. The highest BCUT2D eigenvalue weighted by molar-refractivity contribution is 7.91. The molecular formula is C16H19NO3S. The van der Waals surface area contributed by atoms with Gasteiger partial charge in [-0.2, -0.15) is 0 Å². The molecule has 0 unspecified atom stereocenters. The molecule has 2 aromatic carbocycles. The van der Waals surface area contributed by atoms with E-state index in [4.69, 9.17) is 0 Å². The van der Waals surface area contributed by atoms with Gasteiger partial charge in [0, 0.05) is 12.1 Å². The van der Waals surface area contributed by atoms with Crippen LogP contribution in [0, 0.1) is 6.92 Å².